The minimum Gasteiger partial charge on any atom is -0.317 e. The second-order valence-corrected chi connectivity index (χ2v) is 6.48. The minimum atomic E-state index is 0.849. The van der Waals surface area contributed by atoms with Crippen LogP contribution in [-0.4, -0.2) is 13.1 Å². The van der Waals surface area contributed by atoms with Gasteiger partial charge >= 0.3 is 0 Å². The molecule has 0 atom stereocenters. The molecule has 104 valence electrons. The average Bonchev–Trinajstić information content (AvgIpc) is 2.49. The molecule has 1 nitrogen and oxygen atoms in total. The summed E-state index contributed by atoms with van der Waals surface area (Å²) in [6.07, 6.45) is 11.1. The van der Waals surface area contributed by atoms with Crippen LogP contribution in [0.25, 0.3) is 0 Å². The van der Waals surface area contributed by atoms with E-state index in [1.165, 1.54) is 64.5 Å². The van der Waals surface area contributed by atoms with Crippen LogP contribution in [0.1, 0.15) is 62.0 Å². The SMILES string of the molecule is c1cc(CC2CCNCC2)cc(C2CCCCC2)c1. The Morgan fingerprint density at radius 2 is 1.74 bits per heavy atom. The average molecular weight is 257 g/mol. The Bertz CT molecular complexity index is 386. The lowest BCUT2D eigenvalue weighted by Gasteiger charge is -2.24. The molecule has 1 saturated heterocycles. The number of piperidine rings is 1. The molecule has 0 unspecified atom stereocenters. The monoisotopic (exact) mass is 257 g/mol. The van der Waals surface area contributed by atoms with Crippen molar-refractivity contribution in [2.24, 2.45) is 5.92 Å². The van der Waals surface area contributed by atoms with Gasteiger partial charge in [-0.1, -0.05) is 43.5 Å². The van der Waals surface area contributed by atoms with Crippen molar-refractivity contribution in [2.45, 2.75) is 57.3 Å². The van der Waals surface area contributed by atoms with Crippen LogP contribution in [0.5, 0.6) is 0 Å². The summed E-state index contributed by atoms with van der Waals surface area (Å²) >= 11 is 0. The van der Waals surface area contributed by atoms with Crippen LogP contribution in [0.2, 0.25) is 0 Å². The first-order valence-corrected chi connectivity index (χ1v) is 8.21. The van der Waals surface area contributed by atoms with Gasteiger partial charge in [-0.15, -0.1) is 0 Å². The first-order valence-electron chi connectivity index (χ1n) is 8.21. The van der Waals surface area contributed by atoms with E-state index in [4.69, 9.17) is 0 Å². The van der Waals surface area contributed by atoms with Gasteiger partial charge in [-0.2, -0.15) is 0 Å². The fourth-order valence-electron chi connectivity index (χ4n) is 3.83. The zero-order valence-corrected chi connectivity index (χ0v) is 12.0. The third-order valence-corrected chi connectivity index (χ3v) is 5.01. The molecule has 0 spiro atoms. The van der Waals surface area contributed by atoms with Crippen molar-refractivity contribution in [3.63, 3.8) is 0 Å². The molecule has 19 heavy (non-hydrogen) atoms. The molecule has 0 bridgehead atoms. The summed E-state index contributed by atoms with van der Waals surface area (Å²) < 4.78 is 0. The van der Waals surface area contributed by atoms with Gasteiger partial charge in [0.25, 0.3) is 0 Å². The van der Waals surface area contributed by atoms with Crippen molar-refractivity contribution in [3.05, 3.63) is 35.4 Å². The van der Waals surface area contributed by atoms with Crippen molar-refractivity contribution in [1.82, 2.24) is 5.32 Å². The van der Waals surface area contributed by atoms with Gasteiger partial charge in [0.1, 0.15) is 0 Å². The number of hydrogen-bond acceptors (Lipinski definition) is 1. The number of benzene rings is 1. The van der Waals surface area contributed by atoms with Gasteiger partial charge in [-0.25, -0.2) is 0 Å². The van der Waals surface area contributed by atoms with Gasteiger partial charge in [-0.3, -0.25) is 0 Å². The molecule has 1 saturated carbocycles. The van der Waals surface area contributed by atoms with Crippen LogP contribution in [-0.2, 0) is 6.42 Å². The Morgan fingerprint density at radius 1 is 0.947 bits per heavy atom. The minimum absolute atomic E-state index is 0.849. The molecule has 1 N–H and O–H groups in total. The molecule has 1 aromatic carbocycles. The molecule has 1 aromatic rings. The van der Waals surface area contributed by atoms with E-state index >= 15 is 0 Å². The Kier molecular flexibility index (Phi) is 4.55. The van der Waals surface area contributed by atoms with E-state index in [0.717, 1.165) is 11.8 Å². The van der Waals surface area contributed by atoms with Crippen LogP contribution in [0.4, 0.5) is 0 Å². The maximum absolute atomic E-state index is 3.46. The van der Waals surface area contributed by atoms with E-state index in [1.54, 1.807) is 11.1 Å². The van der Waals surface area contributed by atoms with E-state index in [1.807, 2.05) is 0 Å². The standard InChI is InChI=1S/C18H27N/c1-2-6-17(7-3-1)18-8-4-5-16(14-18)13-15-9-11-19-12-10-15/h4-5,8,14-15,17,19H,1-3,6-7,9-13H2. The molecule has 0 radical (unpaired) electrons. The Morgan fingerprint density at radius 3 is 2.53 bits per heavy atom. The van der Waals surface area contributed by atoms with E-state index in [9.17, 15) is 0 Å². The Balaban J connectivity index is 1.64. The first kappa shape index (κ1) is 13.2. The molecule has 2 aliphatic rings. The van der Waals surface area contributed by atoms with Crippen molar-refractivity contribution in [1.29, 1.82) is 0 Å². The fraction of sp³-hybridized carbons (Fsp3) is 0.667. The zero-order chi connectivity index (χ0) is 12.9. The Hall–Kier alpha value is -0.820. The van der Waals surface area contributed by atoms with Gasteiger partial charge in [0.2, 0.25) is 0 Å². The summed E-state index contributed by atoms with van der Waals surface area (Å²) in [6, 6.07) is 9.51. The summed E-state index contributed by atoms with van der Waals surface area (Å²) in [5, 5.41) is 3.46. The van der Waals surface area contributed by atoms with Crippen LogP contribution in [0.3, 0.4) is 0 Å². The third-order valence-electron chi connectivity index (χ3n) is 5.01. The molecule has 0 aromatic heterocycles. The maximum atomic E-state index is 3.46. The van der Waals surface area contributed by atoms with E-state index < -0.39 is 0 Å². The summed E-state index contributed by atoms with van der Waals surface area (Å²) in [7, 11) is 0. The molecule has 2 fully saturated rings. The maximum Gasteiger partial charge on any atom is -0.00462 e. The predicted molar refractivity (Wildman–Crippen MR) is 81.6 cm³/mol. The summed E-state index contributed by atoms with van der Waals surface area (Å²) in [6.45, 7) is 2.43. The van der Waals surface area contributed by atoms with Crippen molar-refractivity contribution < 1.29 is 0 Å². The molecule has 3 rings (SSSR count). The molecule has 1 aliphatic heterocycles. The van der Waals surface area contributed by atoms with Crippen molar-refractivity contribution in [2.75, 3.05) is 13.1 Å². The highest BCUT2D eigenvalue weighted by atomic mass is 14.9. The van der Waals surface area contributed by atoms with Gasteiger partial charge in [0.05, 0.1) is 0 Å². The van der Waals surface area contributed by atoms with Crippen LogP contribution in [0, 0.1) is 5.92 Å². The zero-order valence-electron chi connectivity index (χ0n) is 12.0. The number of hydrogen-bond donors (Lipinski definition) is 1. The third kappa shape index (κ3) is 3.60. The second kappa shape index (κ2) is 6.56. The van der Waals surface area contributed by atoms with Crippen molar-refractivity contribution >= 4 is 0 Å². The van der Waals surface area contributed by atoms with Gasteiger partial charge in [0.15, 0.2) is 0 Å². The van der Waals surface area contributed by atoms with Crippen LogP contribution < -0.4 is 5.32 Å². The largest absolute Gasteiger partial charge is 0.317 e. The van der Waals surface area contributed by atoms with E-state index in [0.29, 0.717) is 0 Å². The molecular formula is C18H27N. The highest BCUT2D eigenvalue weighted by Gasteiger charge is 2.17. The molecule has 1 aliphatic carbocycles. The smallest absolute Gasteiger partial charge is 0.00462 e. The highest BCUT2D eigenvalue weighted by Crippen LogP contribution is 2.33. The normalized spacial score (nSPS) is 22.5. The van der Waals surface area contributed by atoms with Gasteiger partial charge < -0.3 is 5.32 Å². The summed E-state index contributed by atoms with van der Waals surface area (Å²) in [5.74, 6) is 1.75. The lowest BCUT2D eigenvalue weighted by Crippen LogP contribution is -2.28. The van der Waals surface area contributed by atoms with E-state index in [2.05, 4.69) is 29.6 Å². The number of nitrogens with one attached hydrogen (secondary N) is 1. The summed E-state index contributed by atoms with van der Waals surface area (Å²) in [4.78, 5) is 0. The topological polar surface area (TPSA) is 12.0 Å². The summed E-state index contributed by atoms with van der Waals surface area (Å²) in [5.41, 5.74) is 3.20. The second-order valence-electron chi connectivity index (χ2n) is 6.48. The Labute approximate surface area is 117 Å². The molecule has 0 amide bonds. The lowest BCUT2D eigenvalue weighted by atomic mass is 9.82. The van der Waals surface area contributed by atoms with Crippen LogP contribution in [0.15, 0.2) is 24.3 Å². The highest BCUT2D eigenvalue weighted by molar-refractivity contribution is 5.27. The van der Waals surface area contributed by atoms with Crippen molar-refractivity contribution in [3.8, 4) is 0 Å². The number of rotatable bonds is 3. The molecule has 1 heteroatoms. The van der Waals surface area contributed by atoms with Gasteiger partial charge in [0, 0.05) is 0 Å². The van der Waals surface area contributed by atoms with Gasteiger partial charge in [-0.05, 0) is 68.2 Å². The molecule has 1 heterocycles. The molecular weight excluding hydrogens is 230 g/mol. The first-order chi connectivity index (χ1) is 9.42. The fourth-order valence-corrected chi connectivity index (χ4v) is 3.83. The lowest BCUT2D eigenvalue weighted by molar-refractivity contribution is 0.372. The van der Waals surface area contributed by atoms with Crippen LogP contribution >= 0.6 is 0 Å². The predicted octanol–water partition coefficient (Wildman–Crippen LogP) is 4.28. The van der Waals surface area contributed by atoms with E-state index in [-0.39, 0.29) is 0 Å². The quantitative estimate of drug-likeness (QED) is 0.852.